The second kappa shape index (κ2) is 7.20. The molecule has 0 aliphatic carbocycles. The molecule has 0 aliphatic rings. The van der Waals surface area contributed by atoms with Crippen LogP contribution in [0.4, 0.5) is 0 Å². The zero-order chi connectivity index (χ0) is 13.6. The maximum atomic E-state index is 11.8. The minimum absolute atomic E-state index is 0.0690. The van der Waals surface area contributed by atoms with Crippen LogP contribution < -0.4 is 4.72 Å². The average molecular weight is 338 g/mol. The van der Waals surface area contributed by atoms with Gasteiger partial charge in [0, 0.05) is 18.7 Å². The fourth-order valence-electron chi connectivity index (χ4n) is 1.31. The fourth-order valence-corrected chi connectivity index (χ4v) is 2.70. The topological polar surface area (TPSA) is 64.6 Å². The summed E-state index contributed by atoms with van der Waals surface area (Å²) in [6.45, 7) is 0.0891. The maximum Gasteiger partial charge on any atom is 0.215 e. The lowest BCUT2D eigenvalue weighted by atomic mass is 10.2. The molecule has 1 N–H and O–H groups in total. The molecule has 0 amide bonds. The van der Waals surface area contributed by atoms with Crippen LogP contribution in [-0.4, -0.2) is 35.5 Å². The highest BCUT2D eigenvalue weighted by molar-refractivity contribution is 9.10. The Kier molecular flexibility index (Phi) is 6.24. The van der Waals surface area contributed by atoms with E-state index >= 15 is 0 Å². The Hall–Kier alpha value is -0.470. The molecule has 18 heavy (non-hydrogen) atoms. The summed E-state index contributed by atoms with van der Waals surface area (Å²) in [7, 11) is -0.477. The zero-order valence-electron chi connectivity index (χ0n) is 10.2. The van der Waals surface area contributed by atoms with E-state index in [0.29, 0.717) is 0 Å². The molecule has 1 aromatic rings. The van der Waals surface area contributed by atoms with Gasteiger partial charge in [0.15, 0.2) is 6.29 Å². The van der Waals surface area contributed by atoms with Crippen molar-refractivity contribution in [3.05, 3.63) is 34.3 Å². The number of methoxy groups -OCH3 is 2. The van der Waals surface area contributed by atoms with Gasteiger partial charge in [-0.3, -0.25) is 0 Å². The van der Waals surface area contributed by atoms with Crippen molar-refractivity contribution < 1.29 is 17.9 Å². The predicted octanol–water partition coefficient (Wildman–Crippen LogP) is 1.49. The highest BCUT2D eigenvalue weighted by Crippen LogP contribution is 2.12. The molecule has 0 spiro atoms. The molecule has 0 heterocycles. The van der Waals surface area contributed by atoms with Gasteiger partial charge in [0.2, 0.25) is 10.0 Å². The van der Waals surface area contributed by atoms with Crippen molar-refractivity contribution in [1.29, 1.82) is 0 Å². The van der Waals surface area contributed by atoms with E-state index in [1.807, 2.05) is 0 Å². The number of benzene rings is 1. The fraction of sp³-hybridized carbons (Fsp3) is 0.455. The van der Waals surface area contributed by atoms with Gasteiger partial charge < -0.3 is 9.47 Å². The Labute approximate surface area is 116 Å². The summed E-state index contributed by atoms with van der Waals surface area (Å²) in [5, 5.41) is 0. The molecule has 1 aromatic carbocycles. The molecule has 0 aromatic heterocycles. The number of hydrogen-bond donors (Lipinski definition) is 1. The number of nitrogens with one attached hydrogen (secondary N) is 1. The first-order chi connectivity index (χ1) is 8.46. The van der Waals surface area contributed by atoms with E-state index in [2.05, 4.69) is 20.7 Å². The molecule has 5 nitrogen and oxygen atoms in total. The van der Waals surface area contributed by atoms with Crippen LogP contribution in [0, 0.1) is 0 Å². The monoisotopic (exact) mass is 337 g/mol. The van der Waals surface area contributed by atoms with E-state index < -0.39 is 16.3 Å². The van der Waals surface area contributed by atoms with E-state index in [9.17, 15) is 8.42 Å². The van der Waals surface area contributed by atoms with E-state index in [0.717, 1.165) is 10.0 Å². The van der Waals surface area contributed by atoms with Gasteiger partial charge in [-0.2, -0.15) is 0 Å². The van der Waals surface area contributed by atoms with E-state index in [1.165, 1.54) is 14.2 Å². The van der Waals surface area contributed by atoms with Gasteiger partial charge in [-0.05, 0) is 17.7 Å². The summed E-state index contributed by atoms with van der Waals surface area (Å²) in [5.41, 5.74) is 0.720. The first-order valence-electron chi connectivity index (χ1n) is 5.24. The summed E-state index contributed by atoms with van der Waals surface area (Å²) >= 11 is 3.30. The number of ether oxygens (including phenoxy) is 2. The van der Waals surface area contributed by atoms with Crippen LogP contribution in [0.15, 0.2) is 28.7 Å². The van der Waals surface area contributed by atoms with Crippen LogP contribution in [0.3, 0.4) is 0 Å². The van der Waals surface area contributed by atoms with Crippen molar-refractivity contribution in [3.63, 3.8) is 0 Å². The Balaban J connectivity index is 2.57. The largest absolute Gasteiger partial charge is 0.355 e. The third-order valence-electron chi connectivity index (χ3n) is 2.27. The van der Waals surface area contributed by atoms with Crippen molar-refractivity contribution >= 4 is 26.0 Å². The average Bonchev–Trinajstić information content (AvgIpc) is 2.33. The van der Waals surface area contributed by atoms with E-state index in [1.54, 1.807) is 24.3 Å². The molecule has 102 valence electrons. The van der Waals surface area contributed by atoms with Crippen molar-refractivity contribution in [2.45, 2.75) is 12.0 Å². The van der Waals surface area contributed by atoms with Crippen molar-refractivity contribution in [2.75, 3.05) is 20.8 Å². The Morgan fingerprint density at radius 2 is 1.78 bits per heavy atom. The van der Waals surface area contributed by atoms with Gasteiger partial charge in [0.25, 0.3) is 0 Å². The van der Waals surface area contributed by atoms with Crippen LogP contribution in [0.5, 0.6) is 0 Å². The van der Waals surface area contributed by atoms with Crippen molar-refractivity contribution in [2.24, 2.45) is 0 Å². The third-order valence-corrected chi connectivity index (χ3v) is 4.11. The smallest absolute Gasteiger partial charge is 0.215 e. The van der Waals surface area contributed by atoms with Gasteiger partial charge in [-0.1, -0.05) is 28.1 Å². The molecule has 0 saturated heterocycles. The van der Waals surface area contributed by atoms with Gasteiger partial charge in [-0.15, -0.1) is 0 Å². The molecule has 0 atom stereocenters. The molecular weight excluding hydrogens is 322 g/mol. The normalized spacial score (nSPS) is 12.0. The quantitative estimate of drug-likeness (QED) is 0.765. The van der Waals surface area contributed by atoms with E-state index in [4.69, 9.17) is 9.47 Å². The number of halogens is 1. The van der Waals surface area contributed by atoms with Crippen LogP contribution >= 0.6 is 15.9 Å². The number of rotatable bonds is 7. The zero-order valence-corrected chi connectivity index (χ0v) is 12.6. The molecule has 0 bridgehead atoms. The Bertz CT molecular complexity index is 456. The molecule has 0 radical (unpaired) electrons. The van der Waals surface area contributed by atoms with Gasteiger partial charge >= 0.3 is 0 Å². The predicted molar refractivity (Wildman–Crippen MR) is 72.6 cm³/mol. The van der Waals surface area contributed by atoms with Crippen LogP contribution in [0.25, 0.3) is 0 Å². The Morgan fingerprint density at radius 1 is 1.22 bits per heavy atom. The molecule has 7 heteroatoms. The van der Waals surface area contributed by atoms with Gasteiger partial charge in [-0.25, -0.2) is 13.1 Å². The lowest BCUT2D eigenvalue weighted by Crippen LogP contribution is -2.34. The second-order valence-corrected chi connectivity index (χ2v) is 6.36. The Morgan fingerprint density at radius 3 is 2.28 bits per heavy atom. The molecular formula is C11H16BrNO4S. The first-order valence-corrected chi connectivity index (χ1v) is 7.69. The molecule has 0 aliphatic heterocycles. The first kappa shape index (κ1) is 15.6. The summed E-state index contributed by atoms with van der Waals surface area (Å²) in [5.74, 6) is -0.0690. The van der Waals surface area contributed by atoms with Crippen molar-refractivity contribution in [3.8, 4) is 0 Å². The molecule has 0 unspecified atom stereocenters. The maximum absolute atomic E-state index is 11.8. The van der Waals surface area contributed by atoms with Gasteiger partial charge in [0.05, 0.1) is 12.3 Å². The summed E-state index contributed by atoms with van der Waals surface area (Å²) in [6, 6.07) is 7.12. The SMILES string of the molecule is COC(CNS(=O)(=O)Cc1ccc(Br)cc1)OC. The summed E-state index contributed by atoms with van der Waals surface area (Å²) < 4.78 is 36.7. The third kappa shape index (κ3) is 5.45. The highest BCUT2D eigenvalue weighted by Gasteiger charge is 2.14. The summed E-state index contributed by atoms with van der Waals surface area (Å²) in [4.78, 5) is 0. The van der Waals surface area contributed by atoms with Crippen LogP contribution in [0.1, 0.15) is 5.56 Å². The van der Waals surface area contributed by atoms with Crippen LogP contribution in [0.2, 0.25) is 0 Å². The lowest BCUT2D eigenvalue weighted by molar-refractivity contribution is -0.0960. The second-order valence-electron chi connectivity index (χ2n) is 3.63. The highest BCUT2D eigenvalue weighted by atomic mass is 79.9. The van der Waals surface area contributed by atoms with Gasteiger partial charge in [0.1, 0.15) is 0 Å². The van der Waals surface area contributed by atoms with Crippen LogP contribution in [-0.2, 0) is 25.2 Å². The lowest BCUT2D eigenvalue weighted by Gasteiger charge is -2.14. The number of hydrogen-bond acceptors (Lipinski definition) is 4. The molecule has 0 fully saturated rings. The summed E-state index contributed by atoms with van der Waals surface area (Å²) in [6.07, 6.45) is -0.579. The van der Waals surface area contributed by atoms with Crippen molar-refractivity contribution in [1.82, 2.24) is 4.72 Å². The molecule has 1 rings (SSSR count). The minimum atomic E-state index is -3.39. The van der Waals surface area contributed by atoms with E-state index in [-0.39, 0.29) is 12.3 Å². The number of sulfonamides is 1. The standard InChI is InChI=1S/C11H16BrNO4S/c1-16-11(17-2)7-13-18(14,15)8-9-3-5-10(12)6-4-9/h3-6,11,13H,7-8H2,1-2H3. The minimum Gasteiger partial charge on any atom is -0.355 e. The molecule has 0 saturated carbocycles.